The molecule has 0 bridgehead atoms. The van der Waals surface area contributed by atoms with Gasteiger partial charge in [0.1, 0.15) is 10.2 Å². The molecule has 0 saturated heterocycles. The fourth-order valence-electron chi connectivity index (χ4n) is 2.16. The number of nitrogens with one attached hydrogen (secondary N) is 1. The molecule has 0 aliphatic carbocycles. The predicted octanol–water partition coefficient (Wildman–Crippen LogP) is 3.31. The lowest BCUT2D eigenvalue weighted by Crippen LogP contribution is -2.13. The Balaban J connectivity index is 2.31. The molecule has 0 atom stereocenters. The number of pyridine rings is 1. The first-order valence-electron chi connectivity index (χ1n) is 6.33. The van der Waals surface area contributed by atoms with Crippen LogP contribution >= 0.6 is 15.9 Å². The number of aromatic amines is 1. The molecule has 20 heavy (non-hydrogen) atoms. The van der Waals surface area contributed by atoms with Crippen LogP contribution in [0.15, 0.2) is 45.8 Å². The summed E-state index contributed by atoms with van der Waals surface area (Å²) in [6.45, 7) is 1.97. The third-order valence-corrected chi connectivity index (χ3v) is 3.98. The topological polar surface area (TPSA) is 58.6 Å². The van der Waals surface area contributed by atoms with Gasteiger partial charge in [0, 0.05) is 11.6 Å². The average Bonchev–Trinajstić information content (AvgIpc) is 2.49. The number of halogens is 1. The van der Waals surface area contributed by atoms with Gasteiger partial charge in [-0.25, -0.2) is 4.98 Å². The Morgan fingerprint density at radius 2 is 2.05 bits per heavy atom. The van der Waals surface area contributed by atoms with E-state index < -0.39 is 0 Å². The van der Waals surface area contributed by atoms with Gasteiger partial charge in [-0.15, -0.1) is 0 Å². The lowest BCUT2D eigenvalue weighted by molar-refractivity contribution is 0.965. The van der Waals surface area contributed by atoms with Gasteiger partial charge >= 0.3 is 0 Å². The number of benzene rings is 1. The maximum absolute atomic E-state index is 12.0. The molecule has 0 fully saturated rings. The molecule has 2 aromatic heterocycles. The first kappa shape index (κ1) is 13.0. The second kappa shape index (κ2) is 5.17. The molecule has 3 aromatic rings. The summed E-state index contributed by atoms with van der Waals surface area (Å²) in [5, 5.41) is 2.05. The molecule has 3 rings (SSSR count). The lowest BCUT2D eigenvalue weighted by atomic mass is 10.1. The molecule has 5 heteroatoms. The van der Waals surface area contributed by atoms with Crippen LogP contribution in [-0.2, 0) is 6.42 Å². The van der Waals surface area contributed by atoms with Crippen LogP contribution in [0, 0.1) is 0 Å². The number of fused-ring (bicyclic) bond motifs is 1. The summed E-state index contributed by atoms with van der Waals surface area (Å²) < 4.78 is 0.490. The molecule has 0 saturated carbocycles. The van der Waals surface area contributed by atoms with Crippen molar-refractivity contribution in [2.24, 2.45) is 0 Å². The van der Waals surface area contributed by atoms with Crippen LogP contribution < -0.4 is 5.56 Å². The Bertz CT molecular complexity index is 837. The molecular weight excluding hydrogens is 318 g/mol. The summed E-state index contributed by atoms with van der Waals surface area (Å²) in [5.41, 5.74) is 1.25. The van der Waals surface area contributed by atoms with Gasteiger partial charge in [0.2, 0.25) is 0 Å². The molecule has 0 unspecified atom stereocenters. The molecule has 1 aromatic carbocycles. The molecule has 0 aliphatic heterocycles. The van der Waals surface area contributed by atoms with E-state index in [1.807, 2.05) is 37.3 Å². The Morgan fingerprint density at radius 3 is 2.85 bits per heavy atom. The first-order valence-corrected chi connectivity index (χ1v) is 7.13. The molecule has 0 radical (unpaired) electrons. The minimum absolute atomic E-state index is 0.179. The fourth-order valence-corrected chi connectivity index (χ4v) is 2.63. The smallest absolute Gasteiger partial charge is 0.265 e. The quantitative estimate of drug-likeness (QED) is 0.784. The zero-order valence-electron chi connectivity index (χ0n) is 10.9. The molecule has 0 aliphatic rings. The molecular formula is C15H12BrN3O. The van der Waals surface area contributed by atoms with E-state index in [1.165, 1.54) is 0 Å². The van der Waals surface area contributed by atoms with Crippen LogP contribution in [0.2, 0.25) is 0 Å². The summed E-state index contributed by atoms with van der Waals surface area (Å²) in [6, 6.07) is 9.85. The highest BCUT2D eigenvalue weighted by Gasteiger charge is 2.12. The van der Waals surface area contributed by atoms with Gasteiger partial charge in [-0.05, 0) is 33.8 Å². The zero-order chi connectivity index (χ0) is 14.1. The highest BCUT2D eigenvalue weighted by Crippen LogP contribution is 2.24. The Kier molecular flexibility index (Phi) is 3.36. The van der Waals surface area contributed by atoms with E-state index in [9.17, 15) is 4.79 Å². The predicted molar refractivity (Wildman–Crippen MR) is 82.7 cm³/mol. The second-order valence-corrected chi connectivity index (χ2v) is 5.20. The number of aromatic nitrogens is 3. The molecule has 4 nitrogen and oxygen atoms in total. The van der Waals surface area contributed by atoms with Crippen LogP contribution in [0.4, 0.5) is 0 Å². The molecule has 100 valence electrons. The van der Waals surface area contributed by atoms with E-state index in [0.29, 0.717) is 22.4 Å². The Morgan fingerprint density at radius 1 is 1.25 bits per heavy atom. The summed E-state index contributed by atoms with van der Waals surface area (Å²) in [5.74, 6) is 0.506. The van der Waals surface area contributed by atoms with Crippen molar-refractivity contribution in [3.63, 3.8) is 0 Å². The van der Waals surface area contributed by atoms with Crippen molar-refractivity contribution >= 4 is 26.7 Å². The van der Waals surface area contributed by atoms with Crippen LogP contribution in [0.25, 0.3) is 22.3 Å². The second-order valence-electron chi connectivity index (χ2n) is 4.41. The number of rotatable bonds is 2. The molecule has 0 amide bonds. The largest absolute Gasteiger partial charge is 0.304 e. The van der Waals surface area contributed by atoms with Crippen molar-refractivity contribution in [1.29, 1.82) is 0 Å². The summed E-state index contributed by atoms with van der Waals surface area (Å²) in [4.78, 5) is 23.6. The minimum Gasteiger partial charge on any atom is -0.304 e. The van der Waals surface area contributed by atoms with E-state index in [0.717, 1.165) is 16.5 Å². The fraction of sp³-hybridized carbons (Fsp3) is 0.133. The van der Waals surface area contributed by atoms with Crippen molar-refractivity contribution in [1.82, 2.24) is 15.0 Å². The summed E-state index contributed by atoms with van der Waals surface area (Å²) >= 11 is 3.27. The van der Waals surface area contributed by atoms with Crippen molar-refractivity contribution < 1.29 is 0 Å². The monoisotopic (exact) mass is 329 g/mol. The van der Waals surface area contributed by atoms with Crippen LogP contribution in [0.3, 0.4) is 0 Å². The molecule has 1 N–H and O–H groups in total. The van der Waals surface area contributed by atoms with Gasteiger partial charge in [-0.2, -0.15) is 0 Å². The van der Waals surface area contributed by atoms with Crippen LogP contribution in [-0.4, -0.2) is 15.0 Å². The normalized spacial score (nSPS) is 10.9. The van der Waals surface area contributed by atoms with Gasteiger partial charge in [0.25, 0.3) is 5.56 Å². The van der Waals surface area contributed by atoms with Gasteiger partial charge in [0.05, 0.1) is 5.69 Å². The minimum atomic E-state index is -0.179. The van der Waals surface area contributed by atoms with Gasteiger partial charge in [-0.3, -0.25) is 9.78 Å². The highest BCUT2D eigenvalue weighted by molar-refractivity contribution is 9.10. The SMILES string of the molecule is CCc1nc(-c2nccc3ccccc23)[nH]c(=O)c1Br. The van der Waals surface area contributed by atoms with E-state index >= 15 is 0 Å². The average molecular weight is 330 g/mol. The third kappa shape index (κ3) is 2.14. The number of hydrogen-bond donors (Lipinski definition) is 1. The number of aryl methyl sites for hydroxylation is 1. The highest BCUT2D eigenvalue weighted by atomic mass is 79.9. The van der Waals surface area contributed by atoms with Gasteiger partial charge < -0.3 is 4.98 Å². The summed E-state index contributed by atoms with van der Waals surface area (Å²) in [6.07, 6.45) is 2.41. The number of hydrogen-bond acceptors (Lipinski definition) is 3. The maximum Gasteiger partial charge on any atom is 0.265 e. The van der Waals surface area contributed by atoms with Gasteiger partial charge in [0.15, 0.2) is 5.82 Å². The van der Waals surface area contributed by atoms with E-state index in [4.69, 9.17) is 0 Å². The third-order valence-electron chi connectivity index (χ3n) is 3.16. The van der Waals surface area contributed by atoms with E-state index in [2.05, 4.69) is 30.9 Å². The molecule has 0 spiro atoms. The molecule has 2 heterocycles. The Hall–Kier alpha value is -2.01. The van der Waals surface area contributed by atoms with Crippen LogP contribution in [0.1, 0.15) is 12.6 Å². The Labute approximate surface area is 124 Å². The van der Waals surface area contributed by atoms with E-state index in [-0.39, 0.29) is 5.56 Å². The number of nitrogens with zero attached hydrogens (tertiary/aromatic N) is 2. The number of H-pyrrole nitrogens is 1. The van der Waals surface area contributed by atoms with Gasteiger partial charge in [-0.1, -0.05) is 31.2 Å². The lowest BCUT2D eigenvalue weighted by Gasteiger charge is -2.07. The van der Waals surface area contributed by atoms with Crippen molar-refractivity contribution in [2.75, 3.05) is 0 Å². The summed E-state index contributed by atoms with van der Waals surface area (Å²) in [7, 11) is 0. The zero-order valence-corrected chi connectivity index (χ0v) is 12.4. The van der Waals surface area contributed by atoms with E-state index in [1.54, 1.807) is 6.20 Å². The van der Waals surface area contributed by atoms with Crippen molar-refractivity contribution in [3.05, 3.63) is 57.0 Å². The van der Waals surface area contributed by atoms with Crippen LogP contribution in [0.5, 0.6) is 0 Å². The van der Waals surface area contributed by atoms with Crippen molar-refractivity contribution in [2.45, 2.75) is 13.3 Å². The standard InChI is InChI=1S/C15H12BrN3O/c1-2-11-12(16)15(20)19-14(18-11)13-10-6-4-3-5-9(10)7-8-17-13/h3-8H,2H2,1H3,(H,18,19,20). The maximum atomic E-state index is 12.0. The van der Waals surface area contributed by atoms with Crippen molar-refractivity contribution in [3.8, 4) is 11.5 Å². The first-order chi connectivity index (χ1) is 9.70.